The maximum atomic E-state index is 13.5. The van der Waals surface area contributed by atoms with E-state index in [9.17, 15) is 9.18 Å². The van der Waals surface area contributed by atoms with Gasteiger partial charge in [0.2, 0.25) is 0 Å². The van der Waals surface area contributed by atoms with Crippen LogP contribution in [0.3, 0.4) is 0 Å². The Bertz CT molecular complexity index is 1300. The highest BCUT2D eigenvalue weighted by molar-refractivity contribution is 6.35. The summed E-state index contributed by atoms with van der Waals surface area (Å²) in [6.07, 6.45) is 7.96. The highest BCUT2D eigenvalue weighted by Gasteiger charge is 2.30. The van der Waals surface area contributed by atoms with Crippen molar-refractivity contribution in [2.45, 2.75) is 51.6 Å². The molecule has 1 fully saturated rings. The van der Waals surface area contributed by atoms with Gasteiger partial charge in [0.05, 0.1) is 16.4 Å². The molecule has 2 aromatic carbocycles. The van der Waals surface area contributed by atoms with E-state index in [1.165, 1.54) is 31.4 Å². The van der Waals surface area contributed by atoms with Crippen LogP contribution in [0.4, 0.5) is 4.39 Å². The maximum absolute atomic E-state index is 13.5. The number of carbonyl (C=O) groups excluding carboxylic acids is 1. The van der Waals surface area contributed by atoms with Crippen molar-refractivity contribution in [1.82, 2.24) is 20.4 Å². The number of carbonyl (C=O) groups is 1. The average Bonchev–Trinajstić information content (AvgIpc) is 3.26. The molecule has 3 aromatic rings. The third-order valence-electron chi connectivity index (χ3n) is 7.18. The molecule has 36 heavy (non-hydrogen) atoms. The molecule has 2 N–H and O–H groups in total. The lowest BCUT2D eigenvalue weighted by Gasteiger charge is -2.28. The van der Waals surface area contributed by atoms with Crippen molar-refractivity contribution in [1.29, 1.82) is 0 Å². The molecule has 5 rings (SSSR count). The predicted molar refractivity (Wildman–Crippen MR) is 143 cm³/mol. The summed E-state index contributed by atoms with van der Waals surface area (Å²) in [6, 6.07) is 11.6. The summed E-state index contributed by atoms with van der Waals surface area (Å²) in [5, 5.41) is 12.4. The Hall–Kier alpha value is -2.67. The highest BCUT2D eigenvalue weighted by atomic mass is 35.5. The first kappa shape index (κ1) is 25.0. The van der Waals surface area contributed by atoms with Crippen molar-refractivity contribution < 1.29 is 9.18 Å². The van der Waals surface area contributed by atoms with Crippen LogP contribution in [0, 0.1) is 11.7 Å². The van der Waals surface area contributed by atoms with Crippen LogP contribution >= 0.6 is 23.2 Å². The van der Waals surface area contributed by atoms with Crippen LogP contribution in [-0.2, 0) is 6.54 Å². The van der Waals surface area contributed by atoms with Gasteiger partial charge in [0.1, 0.15) is 5.82 Å². The first-order chi connectivity index (χ1) is 17.4. The normalized spacial score (nSPS) is 18.2. The van der Waals surface area contributed by atoms with Crippen molar-refractivity contribution in [3.63, 3.8) is 0 Å². The molecule has 0 radical (unpaired) electrons. The fourth-order valence-electron chi connectivity index (χ4n) is 5.27. The van der Waals surface area contributed by atoms with Crippen molar-refractivity contribution in [2.24, 2.45) is 5.92 Å². The van der Waals surface area contributed by atoms with Crippen molar-refractivity contribution in [3.05, 3.63) is 80.8 Å². The molecule has 0 bridgehead atoms. The van der Waals surface area contributed by atoms with Crippen molar-refractivity contribution in [2.75, 3.05) is 6.54 Å². The molecule has 2 heterocycles. The lowest BCUT2D eigenvalue weighted by molar-refractivity contribution is 0.0912. The van der Waals surface area contributed by atoms with Gasteiger partial charge in [-0.3, -0.25) is 4.79 Å². The van der Waals surface area contributed by atoms with E-state index in [1.807, 2.05) is 12.1 Å². The Morgan fingerprint density at radius 3 is 2.61 bits per heavy atom. The molecule has 1 atom stereocenters. The van der Waals surface area contributed by atoms with Gasteiger partial charge < -0.3 is 10.6 Å². The first-order valence-corrected chi connectivity index (χ1v) is 13.2. The predicted octanol–water partition coefficient (Wildman–Crippen LogP) is 6.66. The summed E-state index contributed by atoms with van der Waals surface area (Å²) >= 11 is 12.7. The molecule has 1 saturated carbocycles. The lowest BCUT2D eigenvalue weighted by Crippen LogP contribution is -2.39. The summed E-state index contributed by atoms with van der Waals surface area (Å²) in [5.41, 5.74) is 4.44. The second-order valence-electron chi connectivity index (χ2n) is 9.67. The minimum absolute atomic E-state index is 0.0727. The molecule has 1 aliphatic carbocycles. The molecular weight excluding hydrogens is 498 g/mol. The van der Waals surface area contributed by atoms with Crippen LogP contribution in [-0.4, -0.2) is 28.3 Å². The Balaban J connectivity index is 1.57. The van der Waals surface area contributed by atoms with E-state index in [0.717, 1.165) is 35.2 Å². The summed E-state index contributed by atoms with van der Waals surface area (Å²) in [5.74, 6) is 0.0139. The molecule has 188 valence electrons. The van der Waals surface area contributed by atoms with Crippen LogP contribution in [0.25, 0.3) is 17.3 Å². The van der Waals surface area contributed by atoms with E-state index >= 15 is 0 Å². The molecule has 1 unspecified atom stereocenters. The van der Waals surface area contributed by atoms with Gasteiger partial charge in [-0.2, -0.15) is 5.10 Å². The number of hydrogen-bond acceptors (Lipinski definition) is 3. The molecule has 1 aliphatic heterocycles. The minimum atomic E-state index is -0.288. The average molecular weight is 527 g/mol. The Morgan fingerprint density at radius 1 is 1.14 bits per heavy atom. The van der Waals surface area contributed by atoms with E-state index in [0.29, 0.717) is 40.4 Å². The van der Waals surface area contributed by atoms with Crippen LogP contribution in [0.2, 0.25) is 10.0 Å². The van der Waals surface area contributed by atoms with Gasteiger partial charge in [-0.1, -0.05) is 54.6 Å². The van der Waals surface area contributed by atoms with Gasteiger partial charge in [-0.15, -0.1) is 0 Å². The smallest absolute Gasteiger partial charge is 0.272 e. The first-order valence-electron chi connectivity index (χ1n) is 12.5. The summed E-state index contributed by atoms with van der Waals surface area (Å²) in [6.45, 7) is 3.16. The number of fused-ring (bicyclic) bond motifs is 1. The van der Waals surface area contributed by atoms with Gasteiger partial charge in [0.15, 0.2) is 5.69 Å². The van der Waals surface area contributed by atoms with E-state index in [4.69, 9.17) is 28.3 Å². The van der Waals surface area contributed by atoms with Crippen LogP contribution < -0.4 is 10.6 Å². The number of nitrogens with one attached hydrogen (secondary N) is 2. The van der Waals surface area contributed by atoms with Crippen molar-refractivity contribution in [3.8, 4) is 5.69 Å². The zero-order chi connectivity index (χ0) is 25.2. The summed E-state index contributed by atoms with van der Waals surface area (Å²) < 4.78 is 15.2. The number of amides is 1. The second kappa shape index (κ2) is 10.8. The van der Waals surface area contributed by atoms with Crippen molar-refractivity contribution >= 4 is 40.8 Å². The maximum Gasteiger partial charge on any atom is 0.272 e. The van der Waals surface area contributed by atoms with Gasteiger partial charge in [0.25, 0.3) is 5.91 Å². The van der Waals surface area contributed by atoms with Crippen LogP contribution in [0.15, 0.2) is 42.5 Å². The largest absolute Gasteiger partial charge is 0.348 e. The molecular formula is C28H29Cl2FN4O. The molecule has 5 nitrogen and oxygen atoms in total. The van der Waals surface area contributed by atoms with Gasteiger partial charge >= 0.3 is 0 Å². The standard InChI is InChI=1S/C28H29Cl2FN4O/c1-17(19-5-3-2-4-6-19)33-28(36)26-23-16-32-15-20(13-18-7-10-22(31)11-8-18)27(23)35(34-26)25-12-9-21(29)14-24(25)30/h7-14,17,19,32H,2-6,15-16H2,1H3,(H,33,36)/b20-13+. The molecule has 8 heteroatoms. The monoisotopic (exact) mass is 526 g/mol. The zero-order valence-corrected chi connectivity index (χ0v) is 21.7. The Morgan fingerprint density at radius 2 is 1.89 bits per heavy atom. The lowest BCUT2D eigenvalue weighted by atomic mass is 9.84. The zero-order valence-electron chi connectivity index (χ0n) is 20.2. The number of halogens is 3. The van der Waals surface area contributed by atoms with E-state index < -0.39 is 0 Å². The van der Waals surface area contributed by atoms with Gasteiger partial charge in [-0.05, 0) is 73.2 Å². The SMILES string of the molecule is CC(NC(=O)c1nn(-c2ccc(Cl)cc2Cl)c2c1CNC/C2=C\c1ccc(F)cc1)C1CCCCC1. The highest BCUT2D eigenvalue weighted by Crippen LogP contribution is 2.34. The van der Waals surface area contributed by atoms with Gasteiger partial charge in [0, 0.05) is 29.7 Å². The Labute approximate surface area is 220 Å². The number of rotatable bonds is 5. The quantitative estimate of drug-likeness (QED) is 0.390. The molecule has 0 spiro atoms. The molecule has 2 aliphatic rings. The topological polar surface area (TPSA) is 59.0 Å². The minimum Gasteiger partial charge on any atom is -0.348 e. The van der Waals surface area contributed by atoms with Gasteiger partial charge in [-0.25, -0.2) is 9.07 Å². The molecule has 0 saturated heterocycles. The third kappa shape index (κ3) is 5.22. The fourth-order valence-corrected chi connectivity index (χ4v) is 5.76. The molecule has 1 aromatic heterocycles. The Kier molecular flexibility index (Phi) is 7.47. The molecule has 1 amide bonds. The number of benzene rings is 2. The second-order valence-corrected chi connectivity index (χ2v) is 10.5. The van der Waals surface area contributed by atoms with E-state index in [1.54, 1.807) is 28.9 Å². The summed E-state index contributed by atoms with van der Waals surface area (Å²) in [4.78, 5) is 13.5. The van der Waals surface area contributed by atoms with E-state index in [2.05, 4.69) is 17.6 Å². The van der Waals surface area contributed by atoms with Crippen LogP contribution in [0.5, 0.6) is 0 Å². The number of aromatic nitrogens is 2. The van der Waals surface area contributed by atoms with Crippen LogP contribution in [0.1, 0.15) is 66.3 Å². The number of nitrogens with zero attached hydrogens (tertiary/aromatic N) is 2. The summed E-state index contributed by atoms with van der Waals surface area (Å²) in [7, 11) is 0. The third-order valence-corrected chi connectivity index (χ3v) is 7.72. The number of hydrogen-bond donors (Lipinski definition) is 2. The van der Waals surface area contributed by atoms with E-state index in [-0.39, 0.29) is 17.8 Å². The fraction of sp³-hybridized carbons (Fsp3) is 0.357.